The van der Waals surface area contributed by atoms with E-state index in [1.807, 2.05) is 23.7 Å². The number of rotatable bonds is 3. The zero-order valence-corrected chi connectivity index (χ0v) is 16.8. The van der Waals surface area contributed by atoms with Crippen LogP contribution in [0.3, 0.4) is 0 Å². The molecule has 1 saturated heterocycles. The van der Waals surface area contributed by atoms with Crippen LogP contribution in [-0.2, 0) is 6.54 Å². The second kappa shape index (κ2) is 7.41. The van der Waals surface area contributed by atoms with E-state index in [9.17, 15) is 5.11 Å². The molecule has 0 aliphatic carbocycles. The van der Waals surface area contributed by atoms with Gasteiger partial charge in [0.25, 0.3) is 0 Å². The topological polar surface area (TPSA) is 39.6 Å². The Balaban J connectivity index is 1.47. The van der Waals surface area contributed by atoms with E-state index in [2.05, 4.69) is 14.8 Å². The van der Waals surface area contributed by atoms with Crippen LogP contribution in [-0.4, -0.2) is 41.2 Å². The fourth-order valence-electron chi connectivity index (χ4n) is 3.31. The Morgan fingerprint density at radius 2 is 1.73 bits per heavy atom. The first-order chi connectivity index (χ1) is 12.5. The Kier molecular flexibility index (Phi) is 5.17. The zero-order chi connectivity index (χ0) is 18.3. The summed E-state index contributed by atoms with van der Waals surface area (Å²) in [5.74, 6) is 0.285. The average Bonchev–Trinajstić information content (AvgIpc) is 3.09. The standard InChI is InChI=1S/C18H16Cl3N3OS/c19-12-7-11(8-13(20)16(12)21)9-23-3-5-24(6-4-23)18-14(25)1-2-15-17(18)22-10-26-15/h1-2,7-8,10,25H,3-6,9H2. The Hall–Kier alpha value is -1.24. The number of fused-ring (bicyclic) bond motifs is 1. The molecule has 1 fully saturated rings. The van der Waals surface area contributed by atoms with Crippen molar-refractivity contribution in [1.29, 1.82) is 0 Å². The molecule has 136 valence electrons. The Morgan fingerprint density at radius 1 is 1.04 bits per heavy atom. The van der Waals surface area contributed by atoms with Gasteiger partial charge >= 0.3 is 0 Å². The van der Waals surface area contributed by atoms with Gasteiger partial charge in [-0.15, -0.1) is 11.3 Å². The molecule has 26 heavy (non-hydrogen) atoms. The number of anilines is 1. The van der Waals surface area contributed by atoms with Crippen molar-refractivity contribution < 1.29 is 5.11 Å². The average molecular weight is 429 g/mol. The SMILES string of the molecule is Oc1ccc2scnc2c1N1CCN(Cc2cc(Cl)c(Cl)c(Cl)c2)CC1. The van der Waals surface area contributed by atoms with Crippen molar-refractivity contribution in [1.82, 2.24) is 9.88 Å². The third-order valence-electron chi connectivity index (χ3n) is 4.59. The van der Waals surface area contributed by atoms with Gasteiger partial charge in [-0.05, 0) is 29.8 Å². The summed E-state index contributed by atoms with van der Waals surface area (Å²) in [4.78, 5) is 8.97. The van der Waals surface area contributed by atoms with Crippen molar-refractivity contribution in [3.8, 4) is 5.75 Å². The minimum absolute atomic E-state index is 0.285. The third kappa shape index (κ3) is 3.47. The molecule has 4 rings (SSSR count). The van der Waals surface area contributed by atoms with Crippen LogP contribution in [0, 0.1) is 0 Å². The summed E-state index contributed by atoms with van der Waals surface area (Å²) in [6.07, 6.45) is 0. The second-order valence-corrected chi connectivity index (χ2v) is 8.35. The summed E-state index contributed by atoms with van der Waals surface area (Å²) in [7, 11) is 0. The largest absolute Gasteiger partial charge is 0.506 e. The van der Waals surface area contributed by atoms with Crippen molar-refractivity contribution in [3.63, 3.8) is 0 Å². The number of aromatic nitrogens is 1. The number of phenolic OH excluding ortho intramolecular Hbond substituents is 1. The Bertz CT molecular complexity index is 931. The lowest BCUT2D eigenvalue weighted by Crippen LogP contribution is -2.46. The zero-order valence-electron chi connectivity index (χ0n) is 13.8. The fraction of sp³-hybridized carbons (Fsp3) is 0.278. The van der Waals surface area contributed by atoms with Crippen molar-refractivity contribution in [2.24, 2.45) is 0 Å². The van der Waals surface area contributed by atoms with Gasteiger partial charge in [0.15, 0.2) is 0 Å². The molecule has 2 aromatic carbocycles. The summed E-state index contributed by atoms with van der Waals surface area (Å²) in [6, 6.07) is 7.39. The summed E-state index contributed by atoms with van der Waals surface area (Å²) in [5, 5.41) is 11.7. The molecule has 0 saturated carbocycles. The van der Waals surface area contributed by atoms with E-state index in [0.717, 1.165) is 54.2 Å². The summed E-state index contributed by atoms with van der Waals surface area (Å²) >= 11 is 19.9. The van der Waals surface area contributed by atoms with Crippen LogP contribution in [0.5, 0.6) is 5.75 Å². The van der Waals surface area contributed by atoms with E-state index in [1.54, 1.807) is 17.4 Å². The van der Waals surface area contributed by atoms with Crippen LogP contribution in [0.25, 0.3) is 10.2 Å². The smallest absolute Gasteiger partial charge is 0.141 e. The third-order valence-corrected chi connectivity index (χ3v) is 6.58. The van der Waals surface area contributed by atoms with Crippen molar-refractivity contribution in [3.05, 3.63) is 50.4 Å². The van der Waals surface area contributed by atoms with Crippen molar-refractivity contribution in [2.45, 2.75) is 6.54 Å². The van der Waals surface area contributed by atoms with Crippen LogP contribution >= 0.6 is 46.1 Å². The maximum absolute atomic E-state index is 10.3. The summed E-state index contributed by atoms with van der Waals surface area (Å²) in [6.45, 7) is 4.14. The molecule has 4 nitrogen and oxygen atoms in total. The van der Waals surface area contributed by atoms with Gasteiger partial charge in [0, 0.05) is 32.7 Å². The van der Waals surface area contributed by atoms with Gasteiger partial charge in [0.1, 0.15) is 17.0 Å². The van der Waals surface area contributed by atoms with E-state index < -0.39 is 0 Å². The number of nitrogens with zero attached hydrogens (tertiary/aromatic N) is 3. The lowest BCUT2D eigenvalue weighted by molar-refractivity contribution is 0.249. The minimum atomic E-state index is 0.285. The molecule has 0 unspecified atom stereocenters. The van der Waals surface area contributed by atoms with E-state index in [-0.39, 0.29) is 5.75 Å². The van der Waals surface area contributed by atoms with Gasteiger partial charge in [0.2, 0.25) is 0 Å². The molecule has 1 N–H and O–H groups in total. The van der Waals surface area contributed by atoms with Crippen LogP contribution < -0.4 is 4.90 Å². The molecule has 0 amide bonds. The Labute approximate surface area is 170 Å². The monoisotopic (exact) mass is 427 g/mol. The highest BCUT2D eigenvalue weighted by molar-refractivity contribution is 7.16. The first kappa shape index (κ1) is 18.1. The number of hydrogen-bond acceptors (Lipinski definition) is 5. The van der Waals surface area contributed by atoms with Gasteiger partial charge in [0.05, 0.1) is 25.3 Å². The number of benzene rings is 2. The van der Waals surface area contributed by atoms with Gasteiger partial charge in [-0.1, -0.05) is 34.8 Å². The maximum Gasteiger partial charge on any atom is 0.141 e. The fourth-order valence-corrected chi connectivity index (χ4v) is 4.63. The van der Waals surface area contributed by atoms with E-state index in [0.29, 0.717) is 15.1 Å². The molecular formula is C18H16Cl3N3OS. The molecule has 0 spiro atoms. The number of halogens is 3. The lowest BCUT2D eigenvalue weighted by Gasteiger charge is -2.36. The van der Waals surface area contributed by atoms with E-state index in [1.165, 1.54) is 0 Å². The van der Waals surface area contributed by atoms with Gasteiger partial charge in [-0.2, -0.15) is 0 Å². The highest BCUT2D eigenvalue weighted by Crippen LogP contribution is 2.37. The van der Waals surface area contributed by atoms with Gasteiger partial charge in [-0.25, -0.2) is 4.98 Å². The van der Waals surface area contributed by atoms with Crippen molar-refractivity contribution >= 4 is 62.0 Å². The molecule has 0 atom stereocenters. The number of phenols is 1. The number of hydrogen-bond donors (Lipinski definition) is 1. The summed E-state index contributed by atoms with van der Waals surface area (Å²) in [5.41, 5.74) is 4.57. The minimum Gasteiger partial charge on any atom is -0.506 e. The van der Waals surface area contributed by atoms with Crippen LogP contribution in [0.4, 0.5) is 5.69 Å². The Morgan fingerprint density at radius 3 is 2.42 bits per heavy atom. The molecule has 1 aliphatic rings. The predicted octanol–water partition coefficient (Wildman–Crippen LogP) is 5.28. The molecule has 1 aliphatic heterocycles. The van der Waals surface area contributed by atoms with E-state index in [4.69, 9.17) is 34.8 Å². The van der Waals surface area contributed by atoms with Crippen LogP contribution in [0.2, 0.25) is 15.1 Å². The molecule has 8 heteroatoms. The number of aromatic hydroxyl groups is 1. The molecule has 0 bridgehead atoms. The number of piperazine rings is 1. The van der Waals surface area contributed by atoms with Crippen LogP contribution in [0.15, 0.2) is 29.8 Å². The molecule has 1 aromatic heterocycles. The lowest BCUT2D eigenvalue weighted by atomic mass is 10.1. The van der Waals surface area contributed by atoms with Crippen LogP contribution in [0.1, 0.15) is 5.56 Å². The quantitative estimate of drug-likeness (QED) is 0.576. The van der Waals surface area contributed by atoms with E-state index >= 15 is 0 Å². The molecular weight excluding hydrogens is 413 g/mol. The van der Waals surface area contributed by atoms with Gasteiger partial charge < -0.3 is 10.0 Å². The van der Waals surface area contributed by atoms with Gasteiger partial charge in [-0.3, -0.25) is 4.90 Å². The highest BCUT2D eigenvalue weighted by Gasteiger charge is 2.22. The van der Waals surface area contributed by atoms with Crippen molar-refractivity contribution in [2.75, 3.05) is 31.1 Å². The highest BCUT2D eigenvalue weighted by atomic mass is 35.5. The maximum atomic E-state index is 10.3. The number of thiazole rings is 1. The normalized spacial score (nSPS) is 15.7. The predicted molar refractivity (Wildman–Crippen MR) is 110 cm³/mol. The summed E-state index contributed by atoms with van der Waals surface area (Å²) < 4.78 is 1.09. The second-order valence-electron chi connectivity index (χ2n) is 6.27. The first-order valence-corrected chi connectivity index (χ1v) is 10.2. The first-order valence-electron chi connectivity index (χ1n) is 8.19. The molecule has 0 radical (unpaired) electrons. The molecule has 2 heterocycles. The molecule has 3 aromatic rings.